The molecule has 8 nitrogen and oxygen atoms in total. The number of amides is 1. The van der Waals surface area contributed by atoms with E-state index in [1.54, 1.807) is 0 Å². The van der Waals surface area contributed by atoms with Crippen molar-refractivity contribution in [3.63, 3.8) is 0 Å². The molecule has 0 saturated carbocycles. The van der Waals surface area contributed by atoms with Crippen molar-refractivity contribution in [2.24, 2.45) is 0 Å². The van der Waals surface area contributed by atoms with Crippen molar-refractivity contribution in [1.82, 2.24) is 20.3 Å². The van der Waals surface area contributed by atoms with Crippen molar-refractivity contribution in [3.8, 4) is 0 Å². The molecule has 8 heteroatoms. The fourth-order valence-electron chi connectivity index (χ4n) is 1.69. The largest absolute Gasteiger partial charge is 0.479 e. The molecule has 23 heavy (non-hydrogen) atoms. The molecule has 0 fully saturated rings. The predicted octanol–water partition coefficient (Wildman–Crippen LogP) is 1.52. The van der Waals surface area contributed by atoms with Gasteiger partial charge in [-0.15, -0.1) is 5.10 Å². The minimum atomic E-state index is -1.21. The van der Waals surface area contributed by atoms with Crippen LogP contribution in [0.2, 0.25) is 0 Å². The fourth-order valence-corrected chi connectivity index (χ4v) is 1.69. The van der Waals surface area contributed by atoms with Gasteiger partial charge in [0.25, 0.3) is 0 Å². The molecule has 122 valence electrons. The van der Waals surface area contributed by atoms with Gasteiger partial charge in [0.15, 0.2) is 5.54 Å². The molecule has 0 atom stereocenters. The maximum atomic E-state index is 11.6. The summed E-state index contributed by atoms with van der Waals surface area (Å²) in [4.78, 5) is 22.8. The van der Waals surface area contributed by atoms with Crippen molar-refractivity contribution in [1.29, 1.82) is 0 Å². The highest BCUT2D eigenvalue weighted by Gasteiger charge is 2.30. The average molecular weight is 318 g/mol. The number of carboxylic acid groups (broad SMARTS) is 1. The van der Waals surface area contributed by atoms with Gasteiger partial charge in [-0.05, 0) is 19.4 Å². The predicted molar refractivity (Wildman–Crippen MR) is 80.4 cm³/mol. The first-order valence-corrected chi connectivity index (χ1v) is 6.99. The standard InChI is InChI=1S/C15H18N4O4/c1-15(2,13(20)21)19-9-12(17-18-19)8-16-14(22)23-10-11-6-4-3-5-7-11/h3-7,9H,8,10H2,1-2H3,(H,16,22)(H,20,21). The lowest BCUT2D eigenvalue weighted by Crippen LogP contribution is -2.36. The highest BCUT2D eigenvalue weighted by atomic mass is 16.5. The van der Waals surface area contributed by atoms with E-state index in [0.29, 0.717) is 5.69 Å². The molecule has 0 bridgehead atoms. The Labute approximate surface area is 133 Å². The monoisotopic (exact) mass is 318 g/mol. The fraction of sp³-hybridized carbons (Fsp3) is 0.333. The quantitative estimate of drug-likeness (QED) is 0.836. The zero-order valence-corrected chi connectivity index (χ0v) is 12.9. The SMILES string of the molecule is CC(C)(C(=O)O)n1cc(CNC(=O)OCc2ccccc2)nn1. The second kappa shape index (κ2) is 6.91. The van der Waals surface area contributed by atoms with E-state index in [1.807, 2.05) is 30.3 Å². The number of aromatic nitrogens is 3. The zero-order valence-electron chi connectivity index (χ0n) is 12.9. The normalized spacial score (nSPS) is 11.0. The molecule has 0 aliphatic carbocycles. The third-order valence-corrected chi connectivity index (χ3v) is 3.26. The zero-order chi connectivity index (χ0) is 16.9. The summed E-state index contributed by atoms with van der Waals surface area (Å²) < 4.78 is 6.30. The number of benzene rings is 1. The van der Waals surface area contributed by atoms with Crippen molar-refractivity contribution in [2.45, 2.75) is 32.5 Å². The smallest absolute Gasteiger partial charge is 0.407 e. The minimum Gasteiger partial charge on any atom is -0.479 e. The third-order valence-electron chi connectivity index (χ3n) is 3.26. The van der Waals surface area contributed by atoms with E-state index in [2.05, 4.69) is 15.6 Å². The first-order valence-electron chi connectivity index (χ1n) is 6.99. The Balaban J connectivity index is 1.83. The Kier molecular flexibility index (Phi) is 4.95. The molecule has 1 aromatic heterocycles. The summed E-state index contributed by atoms with van der Waals surface area (Å²) in [5.41, 5.74) is 0.117. The molecule has 0 saturated heterocycles. The number of carbonyl (C=O) groups is 2. The van der Waals surface area contributed by atoms with Crippen molar-refractivity contribution in [2.75, 3.05) is 0 Å². The highest BCUT2D eigenvalue weighted by molar-refractivity contribution is 5.75. The molecular weight excluding hydrogens is 300 g/mol. The second-order valence-electron chi connectivity index (χ2n) is 5.43. The Hall–Kier alpha value is -2.90. The highest BCUT2D eigenvalue weighted by Crippen LogP contribution is 2.13. The number of hydrogen-bond acceptors (Lipinski definition) is 5. The molecule has 0 spiro atoms. The number of ether oxygens (including phenoxy) is 1. The second-order valence-corrected chi connectivity index (χ2v) is 5.43. The Morgan fingerprint density at radius 2 is 2.00 bits per heavy atom. The van der Waals surface area contributed by atoms with Gasteiger partial charge in [0.2, 0.25) is 0 Å². The summed E-state index contributed by atoms with van der Waals surface area (Å²) in [5, 5.41) is 19.3. The first kappa shape index (κ1) is 16.5. The number of carboxylic acids is 1. The van der Waals surface area contributed by atoms with Gasteiger partial charge in [-0.2, -0.15) is 0 Å². The summed E-state index contributed by atoms with van der Waals surface area (Å²) in [6, 6.07) is 9.31. The number of nitrogens with zero attached hydrogens (tertiary/aromatic N) is 3. The molecule has 0 radical (unpaired) electrons. The van der Waals surface area contributed by atoms with Crippen LogP contribution in [0.3, 0.4) is 0 Å². The first-order chi connectivity index (χ1) is 10.9. The summed E-state index contributed by atoms with van der Waals surface area (Å²) >= 11 is 0. The van der Waals surface area contributed by atoms with Crippen LogP contribution >= 0.6 is 0 Å². The molecular formula is C15H18N4O4. The molecule has 0 aliphatic heterocycles. The number of aliphatic carboxylic acids is 1. The van der Waals surface area contributed by atoms with Crippen molar-refractivity contribution in [3.05, 3.63) is 47.8 Å². The van der Waals surface area contributed by atoms with E-state index in [-0.39, 0.29) is 13.2 Å². The average Bonchev–Trinajstić information content (AvgIpc) is 3.01. The molecule has 2 aromatic rings. The molecule has 1 heterocycles. The van der Waals surface area contributed by atoms with Crippen LogP contribution in [0.5, 0.6) is 0 Å². The van der Waals surface area contributed by atoms with Crippen LogP contribution in [0.25, 0.3) is 0 Å². The maximum absolute atomic E-state index is 11.6. The molecule has 0 aliphatic rings. The number of nitrogens with one attached hydrogen (secondary N) is 1. The lowest BCUT2D eigenvalue weighted by molar-refractivity contribution is -0.146. The number of rotatable bonds is 6. The van der Waals surface area contributed by atoms with Gasteiger partial charge in [-0.25, -0.2) is 14.3 Å². The van der Waals surface area contributed by atoms with Crippen LogP contribution in [0, 0.1) is 0 Å². The summed E-state index contributed by atoms with van der Waals surface area (Å²) in [5.74, 6) is -1.02. The van der Waals surface area contributed by atoms with Crippen LogP contribution in [-0.4, -0.2) is 32.2 Å². The third kappa shape index (κ3) is 4.29. The minimum absolute atomic E-state index is 0.101. The van der Waals surface area contributed by atoms with Gasteiger partial charge < -0.3 is 15.2 Å². The van der Waals surface area contributed by atoms with Gasteiger partial charge in [0, 0.05) is 0 Å². The van der Waals surface area contributed by atoms with Crippen molar-refractivity contribution < 1.29 is 19.4 Å². The molecule has 2 N–H and O–H groups in total. The van der Waals surface area contributed by atoms with Crippen LogP contribution in [-0.2, 0) is 28.2 Å². The van der Waals surface area contributed by atoms with E-state index in [9.17, 15) is 9.59 Å². The van der Waals surface area contributed by atoms with Gasteiger partial charge in [0.1, 0.15) is 12.3 Å². The Morgan fingerprint density at radius 1 is 1.30 bits per heavy atom. The van der Waals surface area contributed by atoms with Crippen LogP contribution in [0.1, 0.15) is 25.1 Å². The maximum Gasteiger partial charge on any atom is 0.407 e. The summed E-state index contributed by atoms with van der Waals surface area (Å²) in [6.45, 7) is 3.29. The van der Waals surface area contributed by atoms with E-state index in [1.165, 1.54) is 24.7 Å². The molecule has 0 unspecified atom stereocenters. The van der Waals surface area contributed by atoms with E-state index in [0.717, 1.165) is 5.56 Å². The number of alkyl carbamates (subject to hydrolysis) is 1. The lowest BCUT2D eigenvalue weighted by Gasteiger charge is -2.18. The van der Waals surface area contributed by atoms with E-state index < -0.39 is 17.6 Å². The lowest BCUT2D eigenvalue weighted by atomic mass is 10.1. The van der Waals surface area contributed by atoms with Gasteiger partial charge in [-0.3, -0.25) is 0 Å². The molecule has 1 aromatic carbocycles. The van der Waals surface area contributed by atoms with Gasteiger partial charge in [0.05, 0.1) is 12.7 Å². The topological polar surface area (TPSA) is 106 Å². The molecule has 1 amide bonds. The van der Waals surface area contributed by atoms with Gasteiger partial charge >= 0.3 is 12.1 Å². The van der Waals surface area contributed by atoms with E-state index in [4.69, 9.17) is 9.84 Å². The van der Waals surface area contributed by atoms with Gasteiger partial charge in [-0.1, -0.05) is 35.5 Å². The summed E-state index contributed by atoms with van der Waals surface area (Å²) in [6.07, 6.45) is 0.895. The van der Waals surface area contributed by atoms with Crippen LogP contribution in [0.15, 0.2) is 36.5 Å². The van der Waals surface area contributed by atoms with E-state index >= 15 is 0 Å². The molecule has 2 rings (SSSR count). The number of carbonyl (C=O) groups excluding carboxylic acids is 1. The summed E-state index contributed by atoms with van der Waals surface area (Å²) in [7, 11) is 0. The Bertz CT molecular complexity index is 682. The van der Waals surface area contributed by atoms with Crippen LogP contribution < -0.4 is 5.32 Å². The van der Waals surface area contributed by atoms with Crippen LogP contribution in [0.4, 0.5) is 4.79 Å². The Morgan fingerprint density at radius 3 is 2.65 bits per heavy atom. The number of hydrogen-bond donors (Lipinski definition) is 2. The van der Waals surface area contributed by atoms with Crippen molar-refractivity contribution >= 4 is 12.1 Å².